The predicted octanol–water partition coefficient (Wildman–Crippen LogP) is 3.39. The largest absolute Gasteiger partial charge is 0.414 e. The van der Waals surface area contributed by atoms with Gasteiger partial charge in [0.2, 0.25) is 0 Å². The molecule has 0 aliphatic rings. The van der Waals surface area contributed by atoms with Crippen molar-refractivity contribution in [2.24, 2.45) is 0 Å². The Bertz CT molecular complexity index is 329. The topological polar surface area (TPSA) is 22.1 Å². The van der Waals surface area contributed by atoms with Crippen molar-refractivity contribution >= 4 is 22.9 Å². The molecule has 0 saturated heterocycles. The van der Waals surface area contributed by atoms with Crippen molar-refractivity contribution in [3.05, 3.63) is 16.1 Å². The molecule has 1 heterocycles. The Labute approximate surface area is 100 Å². The molecule has 0 aromatic carbocycles. The molecule has 92 valence electrons. The maximum Gasteiger partial charge on any atom is 0.414 e. The van der Waals surface area contributed by atoms with E-state index >= 15 is 0 Å². The summed E-state index contributed by atoms with van der Waals surface area (Å²) in [6, 6.07) is 0. The Morgan fingerprint density at radius 3 is 2.75 bits per heavy atom. The summed E-state index contributed by atoms with van der Waals surface area (Å²) < 4.78 is 40.9. The van der Waals surface area contributed by atoms with Crippen LogP contribution in [0.25, 0.3) is 0 Å². The molecule has 0 fully saturated rings. The number of ether oxygens (including phenoxy) is 1. The van der Waals surface area contributed by atoms with Gasteiger partial charge in [0.05, 0.1) is 23.2 Å². The summed E-state index contributed by atoms with van der Waals surface area (Å²) in [7, 11) is 0. The van der Waals surface area contributed by atoms with Gasteiger partial charge in [0.1, 0.15) is 0 Å². The molecule has 1 aromatic rings. The summed E-state index contributed by atoms with van der Waals surface area (Å²) >= 11 is 6.93. The number of hydrogen-bond donors (Lipinski definition) is 0. The van der Waals surface area contributed by atoms with E-state index in [2.05, 4.69) is 9.72 Å². The zero-order valence-corrected chi connectivity index (χ0v) is 10.1. The van der Waals surface area contributed by atoms with Gasteiger partial charge in [-0.2, -0.15) is 13.2 Å². The van der Waals surface area contributed by atoms with E-state index in [9.17, 15) is 13.2 Å². The fourth-order valence-electron chi connectivity index (χ4n) is 0.943. The van der Waals surface area contributed by atoms with E-state index < -0.39 is 12.3 Å². The van der Waals surface area contributed by atoms with Crippen LogP contribution in [0.2, 0.25) is 0 Å². The third-order valence-corrected chi connectivity index (χ3v) is 3.11. The molecule has 1 rings (SSSR count). The monoisotopic (exact) mass is 273 g/mol. The predicted molar refractivity (Wildman–Crippen MR) is 56.8 cm³/mol. The Balaban J connectivity index is 2.30. The summed E-state index contributed by atoms with van der Waals surface area (Å²) in [5.41, 5.74) is 0.741. The summed E-state index contributed by atoms with van der Waals surface area (Å²) in [6.07, 6.45) is -5.66. The van der Waals surface area contributed by atoms with E-state index in [1.54, 1.807) is 5.38 Å². The minimum absolute atomic E-state index is 0.00984. The fourth-order valence-corrected chi connectivity index (χ4v) is 1.95. The highest BCUT2D eigenvalue weighted by Crippen LogP contribution is 2.22. The summed E-state index contributed by atoms with van der Waals surface area (Å²) in [4.78, 5) is 4.11. The van der Waals surface area contributed by atoms with Gasteiger partial charge in [0.15, 0.2) is 6.10 Å². The zero-order valence-electron chi connectivity index (χ0n) is 8.55. The summed E-state index contributed by atoms with van der Waals surface area (Å²) in [6.45, 7) is 1.00. The maximum absolute atomic E-state index is 12.1. The first-order valence-electron chi connectivity index (χ1n) is 4.61. The molecule has 16 heavy (non-hydrogen) atoms. The number of alkyl halides is 4. The number of nitrogens with zero attached hydrogens (tertiary/aromatic N) is 1. The molecule has 0 saturated carbocycles. The van der Waals surface area contributed by atoms with Gasteiger partial charge >= 0.3 is 6.18 Å². The van der Waals surface area contributed by atoms with Crippen molar-refractivity contribution in [3.63, 3.8) is 0 Å². The van der Waals surface area contributed by atoms with E-state index in [4.69, 9.17) is 11.6 Å². The first-order chi connectivity index (χ1) is 7.43. The van der Waals surface area contributed by atoms with Crippen molar-refractivity contribution in [1.82, 2.24) is 4.98 Å². The standard InChI is InChI=1S/C9H11ClF3NOS/c1-6(9(11,12)13)15-3-2-8-14-7(4-10)5-16-8/h5-6H,2-4H2,1H3. The first kappa shape index (κ1) is 13.7. The molecule has 0 amide bonds. The zero-order chi connectivity index (χ0) is 12.2. The number of aromatic nitrogens is 1. The SMILES string of the molecule is CC(OCCc1nc(CCl)cs1)C(F)(F)F. The highest BCUT2D eigenvalue weighted by molar-refractivity contribution is 7.09. The molecule has 0 aliphatic carbocycles. The van der Waals surface area contributed by atoms with Crippen LogP contribution in [0.3, 0.4) is 0 Å². The quantitative estimate of drug-likeness (QED) is 0.767. The van der Waals surface area contributed by atoms with Crippen molar-refractivity contribution in [2.45, 2.75) is 31.5 Å². The van der Waals surface area contributed by atoms with Crippen LogP contribution < -0.4 is 0 Å². The average Bonchev–Trinajstić information content (AvgIpc) is 2.64. The third-order valence-electron chi connectivity index (χ3n) is 1.88. The summed E-state index contributed by atoms with van der Waals surface area (Å²) in [5.74, 6) is 0.316. The average molecular weight is 274 g/mol. The third kappa shape index (κ3) is 4.27. The van der Waals surface area contributed by atoms with Gasteiger partial charge < -0.3 is 4.74 Å². The van der Waals surface area contributed by atoms with Crippen LogP contribution in [0.4, 0.5) is 13.2 Å². The summed E-state index contributed by atoms with van der Waals surface area (Å²) in [5, 5.41) is 2.53. The van der Waals surface area contributed by atoms with Crippen molar-refractivity contribution < 1.29 is 17.9 Å². The Morgan fingerprint density at radius 1 is 1.56 bits per heavy atom. The lowest BCUT2D eigenvalue weighted by Crippen LogP contribution is -2.29. The molecule has 1 atom stereocenters. The minimum atomic E-state index is -4.30. The fraction of sp³-hybridized carbons (Fsp3) is 0.667. The van der Waals surface area contributed by atoms with Crippen LogP contribution in [0, 0.1) is 0 Å². The molecule has 0 spiro atoms. The molecule has 0 radical (unpaired) electrons. The molecular weight excluding hydrogens is 263 g/mol. The van der Waals surface area contributed by atoms with E-state index in [1.807, 2.05) is 0 Å². The van der Waals surface area contributed by atoms with Crippen molar-refractivity contribution in [1.29, 1.82) is 0 Å². The van der Waals surface area contributed by atoms with Crippen molar-refractivity contribution in [3.8, 4) is 0 Å². The van der Waals surface area contributed by atoms with Crippen LogP contribution >= 0.6 is 22.9 Å². The lowest BCUT2D eigenvalue weighted by Gasteiger charge is -2.15. The van der Waals surface area contributed by atoms with Gasteiger partial charge in [-0.3, -0.25) is 0 Å². The van der Waals surface area contributed by atoms with Gasteiger partial charge in [-0.1, -0.05) is 0 Å². The van der Waals surface area contributed by atoms with Crippen LogP contribution in [0.5, 0.6) is 0 Å². The number of halogens is 4. The molecular formula is C9H11ClF3NOS. The van der Waals surface area contributed by atoms with Crippen molar-refractivity contribution in [2.75, 3.05) is 6.61 Å². The van der Waals surface area contributed by atoms with E-state index in [0.29, 0.717) is 12.3 Å². The van der Waals surface area contributed by atoms with Gasteiger partial charge in [-0.15, -0.1) is 22.9 Å². The highest BCUT2D eigenvalue weighted by atomic mass is 35.5. The number of thiazole rings is 1. The molecule has 0 N–H and O–H groups in total. The molecule has 1 aromatic heterocycles. The second kappa shape index (κ2) is 5.84. The second-order valence-corrected chi connectivity index (χ2v) is 4.38. The van der Waals surface area contributed by atoms with Crippen LogP contribution in [0.1, 0.15) is 17.6 Å². The van der Waals surface area contributed by atoms with E-state index in [0.717, 1.165) is 17.6 Å². The van der Waals surface area contributed by atoms with Gasteiger partial charge in [0, 0.05) is 11.8 Å². The van der Waals surface area contributed by atoms with E-state index in [1.165, 1.54) is 11.3 Å². The lowest BCUT2D eigenvalue weighted by molar-refractivity contribution is -0.213. The normalized spacial score (nSPS) is 14.1. The molecule has 0 aliphatic heterocycles. The Kier molecular flexibility index (Phi) is 5.01. The van der Waals surface area contributed by atoms with Crippen LogP contribution in [-0.2, 0) is 17.0 Å². The lowest BCUT2D eigenvalue weighted by atomic mass is 10.4. The molecule has 2 nitrogen and oxygen atoms in total. The number of rotatable bonds is 5. The Morgan fingerprint density at radius 2 is 2.25 bits per heavy atom. The molecule has 0 bridgehead atoms. The Hall–Kier alpha value is -0.330. The van der Waals surface area contributed by atoms with Crippen LogP contribution in [0.15, 0.2) is 5.38 Å². The smallest absolute Gasteiger partial charge is 0.369 e. The minimum Gasteiger partial charge on any atom is -0.369 e. The van der Waals surface area contributed by atoms with Gasteiger partial charge in [-0.25, -0.2) is 4.98 Å². The first-order valence-corrected chi connectivity index (χ1v) is 6.02. The van der Waals surface area contributed by atoms with Gasteiger partial charge in [0.25, 0.3) is 0 Å². The van der Waals surface area contributed by atoms with Crippen LogP contribution in [-0.4, -0.2) is 23.9 Å². The van der Waals surface area contributed by atoms with Gasteiger partial charge in [-0.05, 0) is 6.92 Å². The van der Waals surface area contributed by atoms with E-state index in [-0.39, 0.29) is 6.61 Å². The maximum atomic E-state index is 12.1. The highest BCUT2D eigenvalue weighted by Gasteiger charge is 2.36. The number of hydrogen-bond acceptors (Lipinski definition) is 3. The molecule has 7 heteroatoms. The second-order valence-electron chi connectivity index (χ2n) is 3.17. The molecule has 1 unspecified atom stereocenters.